The first-order valence-electron chi connectivity index (χ1n) is 10.6. The van der Waals surface area contributed by atoms with E-state index in [-0.39, 0.29) is 36.3 Å². The second-order valence-corrected chi connectivity index (χ2v) is 10.8. The van der Waals surface area contributed by atoms with Crippen molar-refractivity contribution >= 4 is 44.8 Å². The van der Waals surface area contributed by atoms with Crippen molar-refractivity contribution in [2.45, 2.75) is 17.9 Å². The number of carbonyl (C=O) groups is 2. The number of sulfone groups is 1. The minimum Gasteiger partial charge on any atom is -0.495 e. The van der Waals surface area contributed by atoms with Crippen LogP contribution in [0.1, 0.15) is 17.7 Å². The van der Waals surface area contributed by atoms with Crippen LogP contribution in [-0.4, -0.2) is 43.7 Å². The summed E-state index contributed by atoms with van der Waals surface area (Å²) < 4.78 is 31.3. The highest BCUT2D eigenvalue weighted by Crippen LogP contribution is 2.36. The number of nitrogens with one attached hydrogen (secondary N) is 1. The Morgan fingerprint density at radius 2 is 1.88 bits per heavy atom. The van der Waals surface area contributed by atoms with E-state index in [0.717, 1.165) is 0 Å². The SMILES string of the molecule is COc1ccccc1N1CC(C(=O)Nc2c3c(nn2-c2ccc(Cl)cc2)CS(=O)(=O)C3)CC1=O. The van der Waals surface area contributed by atoms with E-state index in [9.17, 15) is 18.0 Å². The number of halogens is 1. The molecule has 1 fully saturated rings. The first-order valence-corrected chi connectivity index (χ1v) is 12.8. The maximum absolute atomic E-state index is 13.3. The van der Waals surface area contributed by atoms with Crippen LogP contribution < -0.4 is 15.0 Å². The topological polar surface area (TPSA) is 111 Å². The minimum absolute atomic E-state index is 0.0272. The van der Waals surface area contributed by atoms with Gasteiger partial charge in [-0.25, -0.2) is 13.1 Å². The predicted octanol–water partition coefficient (Wildman–Crippen LogP) is 2.95. The molecule has 0 spiro atoms. The van der Waals surface area contributed by atoms with E-state index >= 15 is 0 Å². The number of amides is 2. The van der Waals surface area contributed by atoms with Crippen molar-refractivity contribution in [3.8, 4) is 11.4 Å². The zero-order valence-electron chi connectivity index (χ0n) is 18.2. The molecular formula is C23H21ClN4O5S. The van der Waals surface area contributed by atoms with Gasteiger partial charge in [-0.2, -0.15) is 5.10 Å². The van der Waals surface area contributed by atoms with Crippen LogP contribution in [0.15, 0.2) is 48.5 Å². The molecule has 1 N–H and O–H groups in total. The van der Waals surface area contributed by atoms with Crippen LogP contribution in [0.3, 0.4) is 0 Å². The first-order chi connectivity index (χ1) is 16.3. The maximum atomic E-state index is 13.3. The average Bonchev–Trinajstić information content (AvgIpc) is 3.44. The lowest BCUT2D eigenvalue weighted by atomic mass is 10.1. The molecule has 34 heavy (non-hydrogen) atoms. The molecule has 0 radical (unpaired) electrons. The zero-order chi connectivity index (χ0) is 24.0. The van der Waals surface area contributed by atoms with Crippen LogP contribution in [0.2, 0.25) is 5.02 Å². The summed E-state index contributed by atoms with van der Waals surface area (Å²) >= 11 is 6.00. The van der Waals surface area contributed by atoms with E-state index in [1.54, 1.807) is 48.5 Å². The van der Waals surface area contributed by atoms with Crippen LogP contribution in [-0.2, 0) is 30.9 Å². The van der Waals surface area contributed by atoms with Crippen molar-refractivity contribution in [1.29, 1.82) is 0 Å². The number of benzene rings is 2. The van der Waals surface area contributed by atoms with E-state index in [2.05, 4.69) is 10.4 Å². The Kier molecular flexibility index (Phi) is 5.57. The third-order valence-corrected chi connectivity index (χ3v) is 7.67. The van der Waals surface area contributed by atoms with E-state index in [1.807, 2.05) is 0 Å². The van der Waals surface area contributed by atoms with Crippen molar-refractivity contribution in [1.82, 2.24) is 9.78 Å². The number of nitrogens with zero attached hydrogens (tertiary/aromatic N) is 3. The Morgan fingerprint density at radius 1 is 1.15 bits per heavy atom. The summed E-state index contributed by atoms with van der Waals surface area (Å²) in [7, 11) is -1.81. The Morgan fingerprint density at radius 3 is 2.62 bits per heavy atom. The molecule has 11 heteroatoms. The molecule has 1 atom stereocenters. The molecule has 9 nitrogen and oxygen atoms in total. The second kappa shape index (κ2) is 8.44. The summed E-state index contributed by atoms with van der Waals surface area (Å²) in [5, 5.41) is 7.85. The monoisotopic (exact) mass is 500 g/mol. The van der Waals surface area contributed by atoms with Gasteiger partial charge in [0.2, 0.25) is 11.8 Å². The first kappa shape index (κ1) is 22.4. The molecule has 1 unspecified atom stereocenters. The van der Waals surface area contributed by atoms with Crippen molar-refractivity contribution in [3.05, 3.63) is 64.8 Å². The van der Waals surface area contributed by atoms with E-state index < -0.39 is 15.8 Å². The number of hydrogen-bond acceptors (Lipinski definition) is 6. The van der Waals surface area contributed by atoms with Gasteiger partial charge in [0.05, 0.1) is 41.6 Å². The lowest BCUT2D eigenvalue weighted by Gasteiger charge is -2.19. The molecule has 0 saturated carbocycles. The normalized spacial score (nSPS) is 18.7. The minimum atomic E-state index is -3.33. The van der Waals surface area contributed by atoms with Gasteiger partial charge >= 0.3 is 0 Å². The van der Waals surface area contributed by atoms with Gasteiger partial charge in [-0.3, -0.25) is 9.59 Å². The number of anilines is 2. The molecule has 0 aliphatic carbocycles. The Labute approximate surface area is 201 Å². The molecule has 5 rings (SSSR count). The number of fused-ring (bicyclic) bond motifs is 1. The number of hydrogen-bond donors (Lipinski definition) is 1. The quantitative estimate of drug-likeness (QED) is 0.576. The summed E-state index contributed by atoms with van der Waals surface area (Å²) in [6.07, 6.45) is 0.0272. The van der Waals surface area contributed by atoms with Crippen LogP contribution in [0.5, 0.6) is 5.75 Å². The van der Waals surface area contributed by atoms with Gasteiger partial charge in [-0.1, -0.05) is 23.7 Å². The van der Waals surface area contributed by atoms with Gasteiger partial charge in [0, 0.05) is 23.6 Å². The summed E-state index contributed by atoms with van der Waals surface area (Å²) in [4.78, 5) is 27.5. The summed E-state index contributed by atoms with van der Waals surface area (Å²) in [6.45, 7) is 0.181. The van der Waals surface area contributed by atoms with Gasteiger partial charge < -0.3 is 15.0 Å². The van der Waals surface area contributed by atoms with Crippen LogP contribution >= 0.6 is 11.6 Å². The standard InChI is InChI=1S/C23H21ClN4O5S/c1-33-20-5-3-2-4-19(20)27-11-14(10-21(27)29)23(30)25-22-17-12-34(31,32)13-18(17)26-28(22)16-8-6-15(24)7-9-16/h2-9,14H,10-13H2,1H3,(H,25,30). The van der Waals surface area contributed by atoms with Gasteiger partial charge in [-0.15, -0.1) is 0 Å². The van der Waals surface area contributed by atoms with Gasteiger partial charge in [0.1, 0.15) is 11.6 Å². The molecule has 1 saturated heterocycles. The fourth-order valence-electron chi connectivity index (χ4n) is 4.33. The van der Waals surface area contributed by atoms with Crippen LogP contribution in [0.4, 0.5) is 11.5 Å². The lowest BCUT2D eigenvalue weighted by Crippen LogP contribution is -2.29. The zero-order valence-corrected chi connectivity index (χ0v) is 19.8. The van der Waals surface area contributed by atoms with Crippen LogP contribution in [0, 0.1) is 5.92 Å². The number of methoxy groups -OCH3 is 1. The van der Waals surface area contributed by atoms with E-state index in [0.29, 0.717) is 39.2 Å². The smallest absolute Gasteiger partial charge is 0.230 e. The molecule has 2 aliphatic heterocycles. The summed E-state index contributed by atoms with van der Waals surface area (Å²) in [5.74, 6) is -0.749. The molecular weight excluding hydrogens is 480 g/mol. The predicted molar refractivity (Wildman–Crippen MR) is 127 cm³/mol. The number of rotatable bonds is 5. The molecule has 0 bridgehead atoms. The number of ether oxygens (including phenoxy) is 1. The van der Waals surface area contributed by atoms with Gasteiger partial charge in [-0.05, 0) is 36.4 Å². The Balaban J connectivity index is 1.44. The van der Waals surface area contributed by atoms with E-state index in [1.165, 1.54) is 16.7 Å². The second-order valence-electron chi connectivity index (χ2n) is 8.26. The molecule has 176 valence electrons. The van der Waals surface area contributed by atoms with Crippen molar-refractivity contribution < 1.29 is 22.7 Å². The lowest BCUT2D eigenvalue weighted by molar-refractivity contribution is -0.122. The summed E-state index contributed by atoms with van der Waals surface area (Å²) in [5.41, 5.74) is 2.10. The fraction of sp³-hybridized carbons (Fsp3) is 0.261. The molecule has 2 aliphatic rings. The fourth-order valence-corrected chi connectivity index (χ4v) is 5.95. The Bertz CT molecular complexity index is 1400. The van der Waals surface area contributed by atoms with Crippen LogP contribution in [0.25, 0.3) is 5.69 Å². The van der Waals surface area contributed by atoms with Crippen molar-refractivity contribution in [2.75, 3.05) is 23.9 Å². The number of aromatic nitrogens is 2. The third-order valence-electron chi connectivity index (χ3n) is 5.97. The number of carbonyl (C=O) groups excluding carboxylic acids is 2. The molecule has 3 aromatic rings. The van der Waals surface area contributed by atoms with Crippen molar-refractivity contribution in [2.24, 2.45) is 5.92 Å². The average molecular weight is 501 g/mol. The van der Waals surface area contributed by atoms with Gasteiger partial charge in [0.25, 0.3) is 0 Å². The highest BCUT2D eigenvalue weighted by Gasteiger charge is 2.38. The molecule has 3 heterocycles. The van der Waals surface area contributed by atoms with E-state index in [4.69, 9.17) is 16.3 Å². The third kappa shape index (κ3) is 4.03. The van der Waals surface area contributed by atoms with Gasteiger partial charge in [0.15, 0.2) is 9.84 Å². The largest absolute Gasteiger partial charge is 0.495 e. The number of para-hydroxylation sites is 2. The van der Waals surface area contributed by atoms with Crippen molar-refractivity contribution in [3.63, 3.8) is 0 Å². The molecule has 2 aromatic carbocycles. The summed E-state index contributed by atoms with van der Waals surface area (Å²) in [6, 6.07) is 14.0. The molecule has 2 amide bonds. The molecule has 1 aromatic heterocycles. The highest BCUT2D eigenvalue weighted by molar-refractivity contribution is 7.90. The maximum Gasteiger partial charge on any atom is 0.230 e. The highest BCUT2D eigenvalue weighted by atomic mass is 35.5. The Hall–Kier alpha value is -3.37.